The van der Waals surface area contributed by atoms with Gasteiger partial charge in [0.15, 0.2) is 0 Å². The molecule has 1 aromatic rings. The van der Waals surface area contributed by atoms with E-state index in [-0.39, 0.29) is 17.9 Å². The van der Waals surface area contributed by atoms with Crippen LogP contribution in [0.25, 0.3) is 0 Å². The minimum atomic E-state index is -0.490. The number of nitrogens with one attached hydrogen (secondary N) is 1. The van der Waals surface area contributed by atoms with Crippen LogP contribution in [0.4, 0.5) is 5.69 Å². The second-order valence-corrected chi connectivity index (χ2v) is 6.24. The third kappa shape index (κ3) is 4.43. The fraction of sp³-hybridized carbons (Fsp3) is 0.588. The van der Waals surface area contributed by atoms with Crippen LogP contribution in [-0.4, -0.2) is 35.9 Å². The zero-order valence-electron chi connectivity index (χ0n) is 13.9. The van der Waals surface area contributed by atoms with Crippen LogP contribution in [0.15, 0.2) is 18.5 Å². The molecule has 3 N–H and O–H groups in total. The van der Waals surface area contributed by atoms with E-state index in [1.54, 1.807) is 12.3 Å². The normalized spacial score (nSPS) is 19.2. The third-order valence-corrected chi connectivity index (χ3v) is 4.31. The number of aromatic nitrogens is 1. The number of carbonyl (C=O) groups is 2. The topological polar surface area (TPSA) is 88.3 Å². The Morgan fingerprint density at radius 2 is 2.30 bits per heavy atom. The first kappa shape index (κ1) is 17.2. The van der Waals surface area contributed by atoms with Gasteiger partial charge >= 0.3 is 0 Å². The van der Waals surface area contributed by atoms with Gasteiger partial charge < -0.3 is 16.0 Å². The van der Waals surface area contributed by atoms with Crippen molar-refractivity contribution in [2.75, 3.05) is 18.0 Å². The van der Waals surface area contributed by atoms with E-state index < -0.39 is 5.91 Å². The highest BCUT2D eigenvalue weighted by Gasteiger charge is 2.28. The maximum absolute atomic E-state index is 12.4. The molecule has 1 aliphatic rings. The summed E-state index contributed by atoms with van der Waals surface area (Å²) in [4.78, 5) is 30.0. The number of piperidine rings is 1. The first-order valence-electron chi connectivity index (χ1n) is 8.32. The summed E-state index contributed by atoms with van der Waals surface area (Å²) in [5.74, 6) is -0.446. The Morgan fingerprint density at radius 3 is 3.00 bits per heavy atom. The quantitative estimate of drug-likeness (QED) is 0.835. The van der Waals surface area contributed by atoms with E-state index in [9.17, 15) is 9.59 Å². The minimum absolute atomic E-state index is 0.0584. The zero-order chi connectivity index (χ0) is 16.8. The fourth-order valence-corrected chi connectivity index (χ4v) is 3.13. The molecule has 126 valence electrons. The number of hydrogen-bond acceptors (Lipinski definition) is 4. The van der Waals surface area contributed by atoms with E-state index in [0.717, 1.165) is 37.9 Å². The largest absolute Gasteiger partial charge is 0.370 e. The predicted octanol–water partition coefficient (Wildman–Crippen LogP) is 1.70. The molecule has 0 aromatic carbocycles. The van der Waals surface area contributed by atoms with Gasteiger partial charge in [-0.15, -0.1) is 0 Å². The number of carbonyl (C=O) groups excluding carboxylic acids is 2. The fourth-order valence-electron chi connectivity index (χ4n) is 3.13. The molecule has 1 fully saturated rings. The first-order valence-corrected chi connectivity index (χ1v) is 8.32. The number of amides is 2. The van der Waals surface area contributed by atoms with Crippen molar-refractivity contribution in [3.63, 3.8) is 0 Å². The lowest BCUT2D eigenvalue weighted by molar-refractivity contribution is -0.125. The van der Waals surface area contributed by atoms with Gasteiger partial charge in [0.05, 0.1) is 17.2 Å². The van der Waals surface area contributed by atoms with E-state index in [2.05, 4.69) is 22.1 Å². The highest BCUT2D eigenvalue weighted by Crippen LogP contribution is 2.26. The van der Waals surface area contributed by atoms with Crippen LogP contribution in [-0.2, 0) is 4.79 Å². The zero-order valence-corrected chi connectivity index (χ0v) is 13.9. The van der Waals surface area contributed by atoms with Gasteiger partial charge in [-0.2, -0.15) is 0 Å². The number of hydrogen-bond donors (Lipinski definition) is 2. The molecule has 1 aromatic heterocycles. The van der Waals surface area contributed by atoms with Crippen molar-refractivity contribution in [2.24, 2.45) is 11.7 Å². The Balaban J connectivity index is 2.06. The average molecular weight is 318 g/mol. The second kappa shape index (κ2) is 7.94. The summed E-state index contributed by atoms with van der Waals surface area (Å²) in [6.07, 6.45) is 6.97. The number of anilines is 1. The molecule has 6 heteroatoms. The highest BCUT2D eigenvalue weighted by atomic mass is 16.2. The highest BCUT2D eigenvalue weighted by molar-refractivity contribution is 5.98. The lowest BCUT2D eigenvalue weighted by Crippen LogP contribution is -2.45. The summed E-state index contributed by atoms with van der Waals surface area (Å²) in [5, 5.41) is 3.09. The molecule has 2 heterocycles. The Labute approximate surface area is 137 Å². The molecule has 0 radical (unpaired) electrons. The summed E-state index contributed by atoms with van der Waals surface area (Å²) in [6.45, 7) is 5.57. The molecule has 6 nitrogen and oxygen atoms in total. The van der Waals surface area contributed by atoms with E-state index in [4.69, 9.17) is 5.73 Å². The smallest absolute Gasteiger partial charge is 0.252 e. The van der Waals surface area contributed by atoms with E-state index in [0.29, 0.717) is 12.1 Å². The van der Waals surface area contributed by atoms with Gasteiger partial charge in [0, 0.05) is 31.5 Å². The van der Waals surface area contributed by atoms with Gasteiger partial charge in [0.1, 0.15) is 0 Å². The lowest BCUT2D eigenvalue weighted by Gasteiger charge is -2.34. The monoisotopic (exact) mass is 318 g/mol. The van der Waals surface area contributed by atoms with Crippen LogP contribution in [0, 0.1) is 5.92 Å². The van der Waals surface area contributed by atoms with Crippen molar-refractivity contribution in [3.8, 4) is 0 Å². The number of primary amides is 1. The van der Waals surface area contributed by atoms with Crippen LogP contribution < -0.4 is 16.0 Å². The molecule has 0 bridgehead atoms. The maximum atomic E-state index is 12.4. The summed E-state index contributed by atoms with van der Waals surface area (Å²) >= 11 is 0. The molecule has 0 saturated carbocycles. The SMILES string of the molecule is CCCC(C)NC(=O)C1CCCN(c2ccncc2C(N)=O)C1. The molecular weight excluding hydrogens is 292 g/mol. The van der Waals surface area contributed by atoms with Gasteiger partial charge in [-0.05, 0) is 32.3 Å². The molecule has 2 unspecified atom stereocenters. The predicted molar refractivity (Wildman–Crippen MR) is 90.2 cm³/mol. The Hall–Kier alpha value is -2.11. The molecule has 0 spiro atoms. The molecular formula is C17H26N4O2. The number of nitrogens with zero attached hydrogens (tertiary/aromatic N) is 2. The van der Waals surface area contributed by atoms with Gasteiger partial charge in [0.25, 0.3) is 5.91 Å². The van der Waals surface area contributed by atoms with Crippen molar-refractivity contribution in [2.45, 2.75) is 45.6 Å². The van der Waals surface area contributed by atoms with E-state index in [1.807, 2.05) is 6.92 Å². The number of rotatable bonds is 6. The van der Waals surface area contributed by atoms with Crippen molar-refractivity contribution in [1.29, 1.82) is 0 Å². The summed E-state index contributed by atoms with van der Waals surface area (Å²) in [7, 11) is 0. The van der Waals surface area contributed by atoms with Crippen molar-refractivity contribution >= 4 is 17.5 Å². The Morgan fingerprint density at radius 1 is 1.52 bits per heavy atom. The third-order valence-electron chi connectivity index (χ3n) is 4.31. The number of nitrogens with two attached hydrogens (primary N) is 1. The molecule has 2 rings (SSSR count). The van der Waals surface area contributed by atoms with Crippen LogP contribution in [0.1, 0.15) is 49.9 Å². The van der Waals surface area contributed by atoms with Gasteiger partial charge in [0.2, 0.25) is 5.91 Å². The van der Waals surface area contributed by atoms with E-state index in [1.165, 1.54) is 6.20 Å². The van der Waals surface area contributed by atoms with Gasteiger partial charge in [-0.1, -0.05) is 13.3 Å². The maximum Gasteiger partial charge on any atom is 0.252 e. The molecule has 0 aliphatic carbocycles. The van der Waals surface area contributed by atoms with E-state index >= 15 is 0 Å². The molecule has 2 amide bonds. The van der Waals surface area contributed by atoms with Crippen LogP contribution in [0.5, 0.6) is 0 Å². The van der Waals surface area contributed by atoms with Crippen molar-refractivity contribution in [3.05, 3.63) is 24.0 Å². The summed E-state index contributed by atoms with van der Waals surface area (Å²) in [5.41, 5.74) is 6.61. The lowest BCUT2D eigenvalue weighted by atomic mass is 9.95. The first-order chi connectivity index (χ1) is 11.0. The standard InChI is InChI=1S/C17H26N4O2/c1-3-5-12(2)20-17(23)13-6-4-9-21(11-13)15-7-8-19-10-14(15)16(18)22/h7-8,10,12-13H,3-6,9,11H2,1-2H3,(H2,18,22)(H,20,23). The Kier molecular flexibility index (Phi) is 5.96. The van der Waals surface area contributed by atoms with Crippen LogP contribution in [0.3, 0.4) is 0 Å². The molecule has 2 atom stereocenters. The second-order valence-electron chi connectivity index (χ2n) is 6.24. The molecule has 1 saturated heterocycles. The van der Waals surface area contributed by atoms with Crippen LogP contribution >= 0.6 is 0 Å². The Bertz CT molecular complexity index is 561. The van der Waals surface area contributed by atoms with Crippen molar-refractivity contribution in [1.82, 2.24) is 10.3 Å². The minimum Gasteiger partial charge on any atom is -0.370 e. The summed E-state index contributed by atoms with van der Waals surface area (Å²) < 4.78 is 0. The van der Waals surface area contributed by atoms with Gasteiger partial charge in [-0.25, -0.2) is 0 Å². The van der Waals surface area contributed by atoms with Crippen molar-refractivity contribution < 1.29 is 9.59 Å². The average Bonchev–Trinajstić information content (AvgIpc) is 2.55. The van der Waals surface area contributed by atoms with Gasteiger partial charge in [-0.3, -0.25) is 14.6 Å². The molecule has 1 aliphatic heterocycles. The summed E-state index contributed by atoms with van der Waals surface area (Å²) in [6, 6.07) is 1.99. The number of pyridine rings is 1. The molecule has 23 heavy (non-hydrogen) atoms. The van der Waals surface area contributed by atoms with Crippen LogP contribution in [0.2, 0.25) is 0 Å².